The second kappa shape index (κ2) is 10.3. The van der Waals surface area contributed by atoms with Crippen molar-refractivity contribution in [2.45, 2.75) is 58.8 Å². The topological polar surface area (TPSA) is 37.3 Å². The summed E-state index contributed by atoms with van der Waals surface area (Å²) in [7, 11) is 0. The molecule has 0 atom stereocenters. The summed E-state index contributed by atoms with van der Waals surface area (Å²) in [5, 5.41) is 8.05. The van der Waals surface area contributed by atoms with Crippen LogP contribution in [0.4, 0.5) is 8.78 Å². The van der Waals surface area contributed by atoms with Gasteiger partial charge in [-0.1, -0.05) is 58.1 Å². The van der Waals surface area contributed by atoms with E-state index in [0.29, 0.717) is 0 Å². The normalized spacial score (nSPS) is 17.6. The van der Waals surface area contributed by atoms with E-state index in [1.54, 1.807) is 0 Å². The number of benzene rings is 1. The Balaban J connectivity index is 0.000000176. The maximum atomic E-state index is 11.9. The first-order valence-electron chi connectivity index (χ1n) is 8.54. The van der Waals surface area contributed by atoms with Crippen LogP contribution in [-0.2, 0) is 4.79 Å². The highest BCUT2D eigenvalue weighted by Crippen LogP contribution is 2.29. The van der Waals surface area contributed by atoms with Crippen LogP contribution in [0.1, 0.15) is 58.8 Å². The molecular formula is C19H28F2O2. The Morgan fingerprint density at radius 2 is 1.48 bits per heavy atom. The van der Waals surface area contributed by atoms with Gasteiger partial charge in [0.25, 0.3) is 0 Å². The van der Waals surface area contributed by atoms with E-state index in [9.17, 15) is 13.6 Å². The smallest absolute Gasteiger partial charge is 0.306 e. The molecule has 130 valence electrons. The molecule has 2 aliphatic carbocycles. The summed E-state index contributed by atoms with van der Waals surface area (Å²) in [6.07, 6.45) is 9.26. The van der Waals surface area contributed by atoms with Gasteiger partial charge in [-0.3, -0.25) is 4.79 Å². The Morgan fingerprint density at radius 1 is 1.00 bits per heavy atom. The lowest BCUT2D eigenvalue weighted by atomic mass is 9.82. The number of hydrogen-bond acceptors (Lipinski definition) is 1. The molecule has 1 aromatic rings. The third-order valence-electron chi connectivity index (χ3n) is 4.34. The zero-order valence-corrected chi connectivity index (χ0v) is 14.1. The van der Waals surface area contributed by atoms with E-state index in [1.165, 1.54) is 44.2 Å². The molecule has 4 heteroatoms. The number of halogens is 2. The van der Waals surface area contributed by atoms with Gasteiger partial charge in [-0.15, -0.1) is 0 Å². The molecule has 2 saturated carbocycles. The van der Waals surface area contributed by atoms with E-state index >= 15 is 0 Å². The lowest BCUT2D eigenvalue weighted by Gasteiger charge is -2.24. The third-order valence-corrected chi connectivity index (χ3v) is 4.34. The first-order valence-corrected chi connectivity index (χ1v) is 8.54. The fraction of sp³-hybridized carbons (Fsp3) is 0.632. The second-order valence-electron chi connectivity index (χ2n) is 6.67. The molecule has 23 heavy (non-hydrogen) atoms. The van der Waals surface area contributed by atoms with Gasteiger partial charge in [0.05, 0.1) is 5.92 Å². The maximum absolute atomic E-state index is 11.9. The van der Waals surface area contributed by atoms with Crippen LogP contribution in [0.5, 0.6) is 0 Å². The molecule has 1 aromatic carbocycles. The SMILES string of the molecule is CC(C)C1CCCCC1.Fc1ccccc1F.O=C(O)C1CC1. The van der Waals surface area contributed by atoms with Crippen LogP contribution < -0.4 is 0 Å². The Bertz CT molecular complexity index is 443. The molecule has 0 bridgehead atoms. The molecule has 2 fully saturated rings. The molecule has 2 nitrogen and oxygen atoms in total. The van der Waals surface area contributed by atoms with Crippen LogP contribution in [-0.4, -0.2) is 11.1 Å². The minimum Gasteiger partial charge on any atom is -0.481 e. The van der Waals surface area contributed by atoms with Crippen LogP contribution in [0, 0.1) is 29.4 Å². The summed E-state index contributed by atoms with van der Waals surface area (Å²) in [6.45, 7) is 4.71. The fourth-order valence-electron chi connectivity index (χ4n) is 2.57. The molecule has 3 rings (SSSR count). The molecule has 0 unspecified atom stereocenters. The molecule has 0 aliphatic heterocycles. The fourth-order valence-corrected chi connectivity index (χ4v) is 2.57. The van der Waals surface area contributed by atoms with E-state index in [4.69, 9.17) is 5.11 Å². The van der Waals surface area contributed by atoms with Crippen molar-refractivity contribution in [1.82, 2.24) is 0 Å². The first-order chi connectivity index (χ1) is 10.9. The highest BCUT2D eigenvalue weighted by Gasteiger charge is 2.28. The van der Waals surface area contributed by atoms with Gasteiger partial charge in [0.15, 0.2) is 11.6 Å². The quantitative estimate of drug-likeness (QED) is 0.760. The summed E-state index contributed by atoms with van der Waals surface area (Å²) in [6, 6.07) is 5.04. The Morgan fingerprint density at radius 3 is 1.70 bits per heavy atom. The predicted molar refractivity (Wildman–Crippen MR) is 88.1 cm³/mol. The highest BCUT2D eigenvalue weighted by atomic mass is 19.2. The van der Waals surface area contributed by atoms with Gasteiger partial charge >= 0.3 is 5.97 Å². The van der Waals surface area contributed by atoms with Gasteiger partial charge < -0.3 is 5.11 Å². The maximum Gasteiger partial charge on any atom is 0.306 e. The Labute approximate surface area is 137 Å². The zero-order chi connectivity index (χ0) is 17.2. The molecule has 0 amide bonds. The minimum atomic E-state index is -0.799. The van der Waals surface area contributed by atoms with Gasteiger partial charge in [0, 0.05) is 0 Å². The highest BCUT2D eigenvalue weighted by molar-refractivity contribution is 5.72. The van der Waals surface area contributed by atoms with Crippen LogP contribution in [0.2, 0.25) is 0 Å². The van der Waals surface area contributed by atoms with Crippen LogP contribution in [0.3, 0.4) is 0 Å². The first kappa shape index (κ1) is 19.6. The number of hydrogen-bond donors (Lipinski definition) is 1. The van der Waals surface area contributed by atoms with E-state index in [-0.39, 0.29) is 5.92 Å². The van der Waals surface area contributed by atoms with Crippen molar-refractivity contribution in [2.24, 2.45) is 17.8 Å². The van der Waals surface area contributed by atoms with Gasteiger partial charge in [-0.2, -0.15) is 0 Å². The molecule has 1 N–H and O–H groups in total. The molecule has 2 aliphatic rings. The van der Waals surface area contributed by atoms with Gasteiger partial charge in [0.2, 0.25) is 0 Å². The van der Waals surface area contributed by atoms with Crippen LogP contribution in [0.15, 0.2) is 24.3 Å². The number of aliphatic carboxylic acids is 1. The Kier molecular flexibility index (Phi) is 8.82. The lowest BCUT2D eigenvalue weighted by molar-refractivity contribution is -0.138. The molecule has 0 saturated heterocycles. The summed E-state index contributed by atoms with van der Waals surface area (Å²) in [5.74, 6) is -0.218. The molecule has 0 aromatic heterocycles. The average molecular weight is 326 g/mol. The summed E-state index contributed by atoms with van der Waals surface area (Å²) >= 11 is 0. The molecular weight excluding hydrogens is 298 g/mol. The van der Waals surface area contributed by atoms with Crippen molar-refractivity contribution >= 4 is 5.97 Å². The van der Waals surface area contributed by atoms with Gasteiger partial charge in [-0.25, -0.2) is 8.78 Å². The molecule has 0 heterocycles. The van der Waals surface area contributed by atoms with E-state index < -0.39 is 17.6 Å². The number of carboxylic acids is 1. The Hall–Kier alpha value is -1.45. The molecule has 0 radical (unpaired) electrons. The van der Waals surface area contributed by atoms with Crippen molar-refractivity contribution in [3.63, 3.8) is 0 Å². The van der Waals surface area contributed by atoms with Crippen LogP contribution >= 0.6 is 0 Å². The van der Waals surface area contributed by atoms with Crippen molar-refractivity contribution in [2.75, 3.05) is 0 Å². The zero-order valence-electron chi connectivity index (χ0n) is 14.1. The number of carbonyl (C=O) groups is 1. The minimum absolute atomic E-state index is 0.0185. The lowest BCUT2D eigenvalue weighted by Crippen LogP contribution is -2.12. The van der Waals surface area contributed by atoms with Crippen molar-refractivity contribution in [3.8, 4) is 0 Å². The molecule has 0 spiro atoms. The summed E-state index contributed by atoms with van der Waals surface area (Å²) < 4.78 is 23.9. The third kappa shape index (κ3) is 8.68. The van der Waals surface area contributed by atoms with E-state index in [1.807, 2.05) is 0 Å². The largest absolute Gasteiger partial charge is 0.481 e. The van der Waals surface area contributed by atoms with Crippen molar-refractivity contribution in [1.29, 1.82) is 0 Å². The van der Waals surface area contributed by atoms with Gasteiger partial charge in [-0.05, 0) is 36.8 Å². The average Bonchev–Trinajstić information content (AvgIpc) is 3.37. The van der Waals surface area contributed by atoms with Crippen molar-refractivity contribution < 1.29 is 18.7 Å². The van der Waals surface area contributed by atoms with E-state index in [0.717, 1.165) is 36.8 Å². The summed E-state index contributed by atoms with van der Waals surface area (Å²) in [5.41, 5.74) is 0. The summed E-state index contributed by atoms with van der Waals surface area (Å²) in [4.78, 5) is 9.76. The monoisotopic (exact) mass is 326 g/mol. The standard InChI is InChI=1S/C9H18.C6H4F2.C4H6O2/c1-8(2)9-6-4-3-5-7-9;7-5-3-1-2-4-6(5)8;5-4(6)3-1-2-3/h8-9H,3-7H2,1-2H3;1-4H;3H,1-2H2,(H,5,6). The van der Waals surface area contributed by atoms with Gasteiger partial charge in [0.1, 0.15) is 0 Å². The van der Waals surface area contributed by atoms with Crippen molar-refractivity contribution in [3.05, 3.63) is 35.9 Å². The van der Waals surface area contributed by atoms with Crippen LogP contribution in [0.25, 0.3) is 0 Å². The second-order valence-corrected chi connectivity index (χ2v) is 6.67. The number of carboxylic acid groups (broad SMARTS) is 1. The number of rotatable bonds is 2. The van der Waals surface area contributed by atoms with E-state index in [2.05, 4.69) is 13.8 Å². The predicted octanol–water partition coefficient (Wildman–Crippen LogP) is 5.67.